The van der Waals surface area contributed by atoms with E-state index in [9.17, 15) is 4.79 Å². The standard InChI is InChI=1S/C16H28O2/c1-15-11-9-7-5-3-2-4-6-8-10-12-16(17)18-14-13-15/h11H,2-10,12-14H2,1H3. The van der Waals surface area contributed by atoms with Crippen molar-refractivity contribution in [1.82, 2.24) is 0 Å². The van der Waals surface area contributed by atoms with Gasteiger partial charge in [-0.2, -0.15) is 0 Å². The molecule has 0 N–H and O–H groups in total. The van der Waals surface area contributed by atoms with Gasteiger partial charge in [0.1, 0.15) is 0 Å². The molecule has 0 spiro atoms. The van der Waals surface area contributed by atoms with Crippen LogP contribution in [0.2, 0.25) is 0 Å². The van der Waals surface area contributed by atoms with Crippen LogP contribution in [0.5, 0.6) is 0 Å². The predicted octanol–water partition coefficient (Wildman–Crippen LogP) is 4.78. The number of esters is 1. The summed E-state index contributed by atoms with van der Waals surface area (Å²) in [7, 11) is 0. The average molecular weight is 252 g/mol. The Morgan fingerprint density at radius 1 is 0.889 bits per heavy atom. The van der Waals surface area contributed by atoms with Crippen LogP contribution in [-0.4, -0.2) is 12.6 Å². The number of ether oxygens (including phenoxy) is 1. The molecule has 0 amide bonds. The number of cyclic esters (lactones) is 1. The second kappa shape index (κ2) is 10.2. The minimum Gasteiger partial charge on any atom is -0.465 e. The van der Waals surface area contributed by atoms with Crippen molar-refractivity contribution in [3.8, 4) is 0 Å². The van der Waals surface area contributed by atoms with Crippen LogP contribution in [-0.2, 0) is 9.53 Å². The number of carbonyl (C=O) groups excluding carboxylic acids is 1. The third-order valence-electron chi connectivity index (χ3n) is 3.59. The Labute approximate surface area is 112 Å². The van der Waals surface area contributed by atoms with Gasteiger partial charge in [0.2, 0.25) is 0 Å². The molecule has 1 heterocycles. The summed E-state index contributed by atoms with van der Waals surface area (Å²) in [5.74, 6) is -0.0186. The second-order valence-corrected chi connectivity index (χ2v) is 5.39. The fourth-order valence-electron chi connectivity index (χ4n) is 2.32. The topological polar surface area (TPSA) is 26.3 Å². The zero-order valence-electron chi connectivity index (χ0n) is 11.9. The summed E-state index contributed by atoms with van der Waals surface area (Å²) in [5, 5.41) is 0. The van der Waals surface area contributed by atoms with Gasteiger partial charge in [0.15, 0.2) is 0 Å². The van der Waals surface area contributed by atoms with E-state index in [1.54, 1.807) is 0 Å². The van der Waals surface area contributed by atoms with Gasteiger partial charge in [-0.1, -0.05) is 50.2 Å². The van der Waals surface area contributed by atoms with E-state index in [4.69, 9.17) is 4.74 Å². The molecule has 1 aliphatic heterocycles. The van der Waals surface area contributed by atoms with Gasteiger partial charge in [-0.25, -0.2) is 0 Å². The molecule has 104 valence electrons. The van der Waals surface area contributed by atoms with Crippen molar-refractivity contribution in [2.45, 2.75) is 77.6 Å². The Kier molecular flexibility index (Phi) is 8.62. The first-order valence-corrected chi connectivity index (χ1v) is 7.60. The highest BCUT2D eigenvalue weighted by Crippen LogP contribution is 2.13. The lowest BCUT2D eigenvalue weighted by atomic mass is 10.1. The van der Waals surface area contributed by atoms with Crippen molar-refractivity contribution in [3.63, 3.8) is 0 Å². The molecule has 1 aliphatic rings. The van der Waals surface area contributed by atoms with Crippen LogP contribution in [0.1, 0.15) is 77.6 Å². The molecule has 1 rings (SSSR count). The van der Waals surface area contributed by atoms with Gasteiger partial charge in [0.05, 0.1) is 6.61 Å². The predicted molar refractivity (Wildman–Crippen MR) is 75.5 cm³/mol. The van der Waals surface area contributed by atoms with Gasteiger partial charge in [0, 0.05) is 12.8 Å². The van der Waals surface area contributed by atoms with Crippen molar-refractivity contribution in [3.05, 3.63) is 11.6 Å². The summed E-state index contributed by atoms with van der Waals surface area (Å²) in [5.41, 5.74) is 1.36. The number of allylic oxidation sites excluding steroid dienone is 1. The van der Waals surface area contributed by atoms with E-state index in [2.05, 4.69) is 13.0 Å². The maximum absolute atomic E-state index is 11.4. The largest absolute Gasteiger partial charge is 0.465 e. The minimum atomic E-state index is -0.0186. The van der Waals surface area contributed by atoms with Gasteiger partial charge in [-0.05, 0) is 26.2 Å². The van der Waals surface area contributed by atoms with E-state index in [1.807, 2.05) is 0 Å². The van der Waals surface area contributed by atoms with E-state index in [0.717, 1.165) is 12.8 Å². The van der Waals surface area contributed by atoms with E-state index in [0.29, 0.717) is 13.0 Å². The lowest BCUT2D eigenvalue weighted by Gasteiger charge is -2.07. The lowest BCUT2D eigenvalue weighted by Crippen LogP contribution is -2.06. The molecule has 0 atom stereocenters. The quantitative estimate of drug-likeness (QED) is 0.458. The molecule has 0 unspecified atom stereocenters. The highest BCUT2D eigenvalue weighted by atomic mass is 16.5. The van der Waals surface area contributed by atoms with Crippen LogP contribution in [0.25, 0.3) is 0 Å². The Balaban J connectivity index is 2.29. The van der Waals surface area contributed by atoms with Gasteiger partial charge in [0.25, 0.3) is 0 Å². The van der Waals surface area contributed by atoms with Gasteiger partial charge >= 0.3 is 5.97 Å². The Bertz CT molecular complexity index is 256. The van der Waals surface area contributed by atoms with Crippen molar-refractivity contribution in [1.29, 1.82) is 0 Å². The minimum absolute atomic E-state index is 0.0186. The first-order chi connectivity index (χ1) is 8.79. The Morgan fingerprint density at radius 2 is 1.50 bits per heavy atom. The smallest absolute Gasteiger partial charge is 0.305 e. The molecule has 0 aromatic heterocycles. The molecule has 0 aromatic rings. The van der Waals surface area contributed by atoms with Crippen molar-refractivity contribution in [2.24, 2.45) is 0 Å². The normalized spacial score (nSPS) is 22.1. The number of rotatable bonds is 0. The fraction of sp³-hybridized carbons (Fsp3) is 0.812. The van der Waals surface area contributed by atoms with Gasteiger partial charge in [-0.3, -0.25) is 4.79 Å². The molecule has 0 saturated heterocycles. The molecule has 0 radical (unpaired) electrons. The molecule has 0 fully saturated rings. The van der Waals surface area contributed by atoms with Crippen LogP contribution in [0.3, 0.4) is 0 Å². The summed E-state index contributed by atoms with van der Waals surface area (Å²) in [4.78, 5) is 11.4. The van der Waals surface area contributed by atoms with Crippen LogP contribution in [0.15, 0.2) is 11.6 Å². The van der Waals surface area contributed by atoms with Crippen LogP contribution >= 0.6 is 0 Å². The van der Waals surface area contributed by atoms with Crippen molar-refractivity contribution in [2.75, 3.05) is 6.61 Å². The zero-order chi connectivity index (χ0) is 13.1. The monoisotopic (exact) mass is 252 g/mol. The highest BCUT2D eigenvalue weighted by Gasteiger charge is 2.03. The van der Waals surface area contributed by atoms with Crippen molar-refractivity contribution >= 4 is 5.97 Å². The summed E-state index contributed by atoms with van der Waals surface area (Å²) in [6, 6.07) is 0. The maximum Gasteiger partial charge on any atom is 0.305 e. The zero-order valence-corrected chi connectivity index (χ0v) is 11.9. The van der Waals surface area contributed by atoms with Crippen LogP contribution in [0, 0.1) is 0 Å². The van der Waals surface area contributed by atoms with Gasteiger partial charge < -0.3 is 4.74 Å². The third kappa shape index (κ3) is 8.32. The van der Waals surface area contributed by atoms with Gasteiger partial charge in [-0.15, -0.1) is 0 Å². The molecular weight excluding hydrogens is 224 g/mol. The second-order valence-electron chi connectivity index (χ2n) is 5.39. The number of hydrogen-bond donors (Lipinski definition) is 0. The average Bonchev–Trinajstić information content (AvgIpc) is 2.34. The first kappa shape index (κ1) is 15.3. The number of carbonyl (C=O) groups is 1. The summed E-state index contributed by atoms with van der Waals surface area (Å²) >= 11 is 0. The molecule has 0 aromatic carbocycles. The molecule has 18 heavy (non-hydrogen) atoms. The fourth-order valence-corrected chi connectivity index (χ4v) is 2.32. The molecule has 2 heteroatoms. The molecule has 0 bridgehead atoms. The van der Waals surface area contributed by atoms with E-state index in [-0.39, 0.29) is 5.97 Å². The summed E-state index contributed by atoms with van der Waals surface area (Å²) < 4.78 is 5.23. The summed E-state index contributed by atoms with van der Waals surface area (Å²) in [6.45, 7) is 2.69. The molecule has 0 aliphatic carbocycles. The highest BCUT2D eigenvalue weighted by molar-refractivity contribution is 5.69. The Hall–Kier alpha value is -0.790. The molecular formula is C16H28O2. The van der Waals surface area contributed by atoms with Crippen LogP contribution in [0.4, 0.5) is 0 Å². The van der Waals surface area contributed by atoms with E-state index in [1.165, 1.54) is 56.9 Å². The van der Waals surface area contributed by atoms with Crippen molar-refractivity contribution < 1.29 is 9.53 Å². The Morgan fingerprint density at radius 3 is 2.22 bits per heavy atom. The molecule has 2 nitrogen and oxygen atoms in total. The van der Waals surface area contributed by atoms with Crippen LogP contribution < -0.4 is 0 Å². The third-order valence-corrected chi connectivity index (χ3v) is 3.59. The molecule has 0 saturated carbocycles. The summed E-state index contributed by atoms with van der Waals surface area (Å²) in [6.07, 6.45) is 15.1. The maximum atomic E-state index is 11.4. The SMILES string of the molecule is CC1=CCCCCCCCCCCC(=O)OCC1. The first-order valence-electron chi connectivity index (χ1n) is 7.60. The van der Waals surface area contributed by atoms with E-state index >= 15 is 0 Å². The lowest BCUT2D eigenvalue weighted by molar-refractivity contribution is -0.143. The van der Waals surface area contributed by atoms with E-state index < -0.39 is 0 Å². The number of hydrogen-bond acceptors (Lipinski definition) is 2.